The molecule has 2 heterocycles. The lowest BCUT2D eigenvalue weighted by Crippen LogP contribution is -2.04. The second-order valence-electron chi connectivity index (χ2n) is 3.76. The average Bonchev–Trinajstić information content (AvgIpc) is 2.64. The molecular weight excluding hydrogens is 202 g/mol. The summed E-state index contributed by atoms with van der Waals surface area (Å²) in [6.45, 7) is 5.87. The highest BCUT2D eigenvalue weighted by Gasteiger charge is 2.11. The van der Waals surface area contributed by atoms with Crippen molar-refractivity contribution < 1.29 is 4.42 Å². The van der Waals surface area contributed by atoms with Gasteiger partial charge in [0.05, 0.1) is 0 Å². The molecule has 2 N–H and O–H groups in total. The van der Waals surface area contributed by atoms with Crippen LogP contribution < -0.4 is 5.73 Å². The molecule has 0 unspecified atom stereocenters. The number of nitrogen functional groups attached to an aromatic ring is 1. The summed E-state index contributed by atoms with van der Waals surface area (Å²) in [5.74, 6) is 2.60. The summed E-state index contributed by atoms with van der Waals surface area (Å²) in [6, 6.07) is 3.74. The fraction of sp³-hybridized carbons (Fsp3) is 0.333. The molecule has 16 heavy (non-hydrogen) atoms. The highest BCUT2D eigenvalue weighted by atomic mass is 16.3. The van der Waals surface area contributed by atoms with Gasteiger partial charge in [0.1, 0.15) is 11.6 Å². The summed E-state index contributed by atoms with van der Waals surface area (Å²) in [4.78, 5) is 8.66. The minimum Gasteiger partial charge on any atom is -0.458 e. The highest BCUT2D eigenvalue weighted by molar-refractivity contribution is 5.53. The maximum Gasteiger partial charge on any atom is 0.197 e. The van der Waals surface area contributed by atoms with E-state index < -0.39 is 0 Å². The SMILES string of the molecule is CCc1c(C)nc(-c2ccc(C)o2)nc1N. The van der Waals surface area contributed by atoms with E-state index in [1.165, 1.54) is 0 Å². The Bertz CT molecular complexity index is 494. The van der Waals surface area contributed by atoms with Crippen LogP contribution in [-0.2, 0) is 6.42 Å². The molecule has 0 spiro atoms. The third-order valence-corrected chi connectivity index (χ3v) is 2.56. The first kappa shape index (κ1) is 10.7. The molecule has 0 fully saturated rings. The number of aromatic nitrogens is 2. The zero-order chi connectivity index (χ0) is 11.7. The van der Waals surface area contributed by atoms with Crippen molar-refractivity contribution in [3.05, 3.63) is 29.2 Å². The van der Waals surface area contributed by atoms with E-state index in [4.69, 9.17) is 10.2 Å². The number of nitrogens with zero attached hydrogens (tertiary/aromatic N) is 2. The third kappa shape index (κ3) is 1.78. The lowest BCUT2D eigenvalue weighted by atomic mass is 10.1. The van der Waals surface area contributed by atoms with Gasteiger partial charge in [0.25, 0.3) is 0 Å². The predicted molar refractivity (Wildman–Crippen MR) is 63.0 cm³/mol. The quantitative estimate of drug-likeness (QED) is 0.839. The molecule has 2 aromatic heterocycles. The lowest BCUT2D eigenvalue weighted by molar-refractivity contribution is 0.544. The Kier molecular flexibility index (Phi) is 2.64. The Balaban J connectivity index is 2.52. The van der Waals surface area contributed by atoms with Crippen molar-refractivity contribution in [1.29, 1.82) is 0 Å². The minimum absolute atomic E-state index is 0.541. The summed E-state index contributed by atoms with van der Waals surface area (Å²) in [5.41, 5.74) is 7.81. The van der Waals surface area contributed by atoms with Crippen LogP contribution >= 0.6 is 0 Å². The largest absolute Gasteiger partial charge is 0.458 e. The van der Waals surface area contributed by atoms with E-state index in [9.17, 15) is 0 Å². The third-order valence-electron chi connectivity index (χ3n) is 2.56. The van der Waals surface area contributed by atoms with Crippen LogP contribution in [0.4, 0.5) is 5.82 Å². The van der Waals surface area contributed by atoms with E-state index in [0.29, 0.717) is 17.4 Å². The molecule has 0 atom stereocenters. The smallest absolute Gasteiger partial charge is 0.197 e. The van der Waals surface area contributed by atoms with Crippen LogP contribution in [-0.4, -0.2) is 9.97 Å². The number of rotatable bonds is 2. The Morgan fingerprint density at radius 3 is 2.50 bits per heavy atom. The van der Waals surface area contributed by atoms with Crippen molar-refractivity contribution in [2.75, 3.05) is 5.73 Å². The zero-order valence-electron chi connectivity index (χ0n) is 9.74. The molecule has 0 bridgehead atoms. The summed E-state index contributed by atoms with van der Waals surface area (Å²) in [7, 11) is 0. The second kappa shape index (κ2) is 3.96. The van der Waals surface area contributed by atoms with Crippen LogP contribution in [0.2, 0.25) is 0 Å². The highest BCUT2D eigenvalue weighted by Crippen LogP contribution is 2.22. The Morgan fingerprint density at radius 1 is 1.25 bits per heavy atom. The first-order valence-electron chi connectivity index (χ1n) is 5.31. The van der Waals surface area contributed by atoms with Crippen LogP contribution in [0.1, 0.15) is 23.9 Å². The van der Waals surface area contributed by atoms with Gasteiger partial charge in [-0.25, -0.2) is 9.97 Å². The summed E-state index contributed by atoms with van der Waals surface area (Å²) in [5, 5.41) is 0. The van der Waals surface area contributed by atoms with Crippen molar-refractivity contribution in [3.63, 3.8) is 0 Å². The molecule has 0 aliphatic rings. The summed E-state index contributed by atoms with van der Waals surface area (Å²) < 4.78 is 5.47. The summed E-state index contributed by atoms with van der Waals surface area (Å²) in [6.07, 6.45) is 0.842. The molecule has 0 radical (unpaired) electrons. The van der Waals surface area contributed by atoms with Gasteiger partial charge in [0, 0.05) is 11.3 Å². The number of hydrogen-bond acceptors (Lipinski definition) is 4. The number of anilines is 1. The van der Waals surface area contributed by atoms with Crippen molar-refractivity contribution in [1.82, 2.24) is 9.97 Å². The molecule has 4 nitrogen and oxygen atoms in total. The van der Waals surface area contributed by atoms with E-state index in [0.717, 1.165) is 23.4 Å². The first-order chi connectivity index (χ1) is 7.61. The number of furan rings is 1. The molecule has 0 saturated carbocycles. The second-order valence-corrected chi connectivity index (χ2v) is 3.76. The predicted octanol–water partition coefficient (Wildman–Crippen LogP) is 2.50. The first-order valence-corrected chi connectivity index (χ1v) is 5.31. The van der Waals surface area contributed by atoms with Crippen LogP contribution in [0.3, 0.4) is 0 Å². The summed E-state index contributed by atoms with van der Waals surface area (Å²) >= 11 is 0. The van der Waals surface area contributed by atoms with Crippen molar-refractivity contribution in [2.24, 2.45) is 0 Å². The molecule has 0 saturated heterocycles. The normalized spacial score (nSPS) is 10.7. The lowest BCUT2D eigenvalue weighted by Gasteiger charge is -2.07. The number of nitrogens with two attached hydrogens (primary N) is 1. The van der Waals surface area contributed by atoms with Gasteiger partial charge >= 0.3 is 0 Å². The van der Waals surface area contributed by atoms with Crippen molar-refractivity contribution >= 4 is 5.82 Å². The van der Waals surface area contributed by atoms with Gasteiger partial charge in [-0.3, -0.25) is 0 Å². The van der Waals surface area contributed by atoms with Crippen molar-refractivity contribution in [3.8, 4) is 11.6 Å². The molecule has 0 aliphatic carbocycles. The van der Waals surface area contributed by atoms with Gasteiger partial charge in [-0.1, -0.05) is 6.92 Å². The Morgan fingerprint density at radius 2 is 2.00 bits per heavy atom. The molecule has 84 valence electrons. The number of aryl methyl sites for hydroxylation is 2. The topological polar surface area (TPSA) is 64.9 Å². The molecule has 0 amide bonds. The van der Waals surface area contributed by atoms with Gasteiger partial charge < -0.3 is 10.2 Å². The number of hydrogen-bond donors (Lipinski definition) is 1. The standard InChI is InChI=1S/C12H15N3O/c1-4-9-8(3)14-12(15-11(9)13)10-6-5-7(2)16-10/h5-6H,4H2,1-3H3,(H2,13,14,15). The van der Waals surface area contributed by atoms with Gasteiger partial charge in [-0.05, 0) is 32.4 Å². The zero-order valence-corrected chi connectivity index (χ0v) is 9.74. The van der Waals surface area contributed by atoms with E-state index in [-0.39, 0.29) is 0 Å². The van der Waals surface area contributed by atoms with Gasteiger partial charge in [-0.15, -0.1) is 0 Å². The monoisotopic (exact) mass is 217 g/mol. The van der Waals surface area contributed by atoms with Crippen LogP contribution in [0.15, 0.2) is 16.5 Å². The molecule has 0 aromatic carbocycles. The van der Waals surface area contributed by atoms with E-state index in [1.54, 1.807) is 0 Å². The molecule has 2 rings (SSSR count). The fourth-order valence-corrected chi connectivity index (χ4v) is 1.72. The maximum atomic E-state index is 5.88. The fourth-order valence-electron chi connectivity index (χ4n) is 1.72. The Labute approximate surface area is 94.5 Å². The molecular formula is C12H15N3O. The van der Waals surface area contributed by atoms with Crippen LogP contribution in [0.25, 0.3) is 11.6 Å². The van der Waals surface area contributed by atoms with E-state index in [1.807, 2.05) is 32.9 Å². The molecule has 4 heteroatoms. The maximum absolute atomic E-state index is 5.88. The van der Waals surface area contributed by atoms with Gasteiger partial charge in [-0.2, -0.15) is 0 Å². The van der Waals surface area contributed by atoms with Crippen LogP contribution in [0, 0.1) is 13.8 Å². The van der Waals surface area contributed by atoms with E-state index >= 15 is 0 Å². The van der Waals surface area contributed by atoms with Gasteiger partial charge in [0.2, 0.25) is 0 Å². The molecule has 2 aromatic rings. The molecule has 0 aliphatic heterocycles. The average molecular weight is 217 g/mol. The van der Waals surface area contributed by atoms with Crippen LogP contribution in [0.5, 0.6) is 0 Å². The van der Waals surface area contributed by atoms with E-state index in [2.05, 4.69) is 9.97 Å². The van der Waals surface area contributed by atoms with Gasteiger partial charge in [0.15, 0.2) is 11.6 Å². The van der Waals surface area contributed by atoms with Crippen molar-refractivity contribution in [2.45, 2.75) is 27.2 Å². The minimum atomic E-state index is 0.541. The Hall–Kier alpha value is -1.84.